The molecule has 13 heteroatoms. The Balaban J connectivity index is 1.18. The van der Waals surface area contributed by atoms with E-state index in [1.807, 2.05) is 47.4 Å². The molecule has 278 valence electrons. The van der Waals surface area contributed by atoms with Crippen molar-refractivity contribution in [2.75, 3.05) is 73.8 Å². The van der Waals surface area contributed by atoms with Crippen LogP contribution in [0.25, 0.3) is 0 Å². The number of halogens is 1. The van der Waals surface area contributed by atoms with Gasteiger partial charge in [0.1, 0.15) is 5.82 Å². The average molecular weight is 719 g/mol. The van der Waals surface area contributed by atoms with E-state index in [2.05, 4.69) is 10.2 Å². The number of benzene rings is 3. The number of carboxylic acid groups (broad SMARTS) is 1. The van der Waals surface area contributed by atoms with E-state index in [0.29, 0.717) is 68.3 Å². The quantitative estimate of drug-likeness (QED) is 0.294. The van der Waals surface area contributed by atoms with Crippen LogP contribution in [0.2, 0.25) is 0 Å². The van der Waals surface area contributed by atoms with Gasteiger partial charge in [0, 0.05) is 43.7 Å². The number of carbonyl (C=O) groups excluding carboxylic acids is 2. The van der Waals surface area contributed by atoms with E-state index in [1.165, 1.54) is 38.4 Å². The van der Waals surface area contributed by atoms with Crippen molar-refractivity contribution in [3.05, 3.63) is 89.2 Å². The van der Waals surface area contributed by atoms with Gasteiger partial charge in [-0.2, -0.15) is 0 Å². The summed E-state index contributed by atoms with van der Waals surface area (Å²) in [6.07, 6.45) is 2.69. The number of methoxy groups -OCH3 is 3. The number of nitrogens with one attached hydrogen (secondary N) is 1. The number of amides is 3. The maximum atomic E-state index is 14.1. The molecule has 3 fully saturated rings. The third-order valence-corrected chi connectivity index (χ3v) is 11.0. The van der Waals surface area contributed by atoms with Crippen LogP contribution in [0.15, 0.2) is 66.7 Å². The van der Waals surface area contributed by atoms with E-state index in [-0.39, 0.29) is 31.5 Å². The second-order valence-electron chi connectivity index (χ2n) is 13.8. The predicted octanol–water partition coefficient (Wildman–Crippen LogP) is 4.51. The normalized spacial score (nSPS) is 21.7. The van der Waals surface area contributed by atoms with E-state index < -0.39 is 29.0 Å². The smallest absolute Gasteiger partial charge is 0.328 e. The van der Waals surface area contributed by atoms with Crippen molar-refractivity contribution in [3.63, 3.8) is 0 Å². The lowest BCUT2D eigenvalue weighted by atomic mass is 9.76. The molecule has 0 spiro atoms. The van der Waals surface area contributed by atoms with Gasteiger partial charge in [-0.25, -0.2) is 14.0 Å². The molecule has 2 N–H and O–H groups in total. The van der Waals surface area contributed by atoms with Crippen LogP contribution in [0.5, 0.6) is 17.2 Å². The summed E-state index contributed by atoms with van der Waals surface area (Å²) in [5, 5.41) is 13.0. The summed E-state index contributed by atoms with van der Waals surface area (Å²) in [6, 6.07) is 18.3. The molecule has 6 rings (SSSR count). The summed E-state index contributed by atoms with van der Waals surface area (Å²) in [5.74, 6) is -0.363. The maximum Gasteiger partial charge on any atom is 0.328 e. The number of morpholine rings is 1. The van der Waals surface area contributed by atoms with Gasteiger partial charge in [0.05, 0.1) is 40.1 Å². The van der Waals surface area contributed by atoms with Gasteiger partial charge in [0.2, 0.25) is 5.75 Å². The van der Waals surface area contributed by atoms with Crippen LogP contribution >= 0.6 is 0 Å². The van der Waals surface area contributed by atoms with Crippen LogP contribution in [0.1, 0.15) is 47.2 Å². The van der Waals surface area contributed by atoms with Crippen molar-refractivity contribution in [3.8, 4) is 17.2 Å². The monoisotopic (exact) mass is 718 g/mol. The lowest BCUT2D eigenvalue weighted by Gasteiger charge is -2.45. The number of piperidine rings is 1. The number of nitrogens with zero attached hydrogens (tertiary/aromatic N) is 3. The molecule has 3 aromatic carbocycles. The van der Waals surface area contributed by atoms with Crippen molar-refractivity contribution in [1.29, 1.82) is 0 Å². The zero-order valence-corrected chi connectivity index (χ0v) is 29.9. The van der Waals surface area contributed by atoms with Crippen LogP contribution in [0, 0.1) is 5.82 Å². The number of hydrogen-bond acceptors (Lipinski definition) is 8. The second kappa shape index (κ2) is 15.8. The largest absolute Gasteiger partial charge is 0.493 e. The lowest BCUT2D eigenvalue weighted by molar-refractivity contribution is -0.147. The lowest BCUT2D eigenvalue weighted by Crippen LogP contribution is -2.61. The first-order valence-corrected chi connectivity index (χ1v) is 17.6. The Hall–Kier alpha value is -4.88. The first kappa shape index (κ1) is 36.9. The second-order valence-corrected chi connectivity index (χ2v) is 13.8. The summed E-state index contributed by atoms with van der Waals surface area (Å²) in [7, 11) is 4.54. The third kappa shape index (κ3) is 7.51. The van der Waals surface area contributed by atoms with Gasteiger partial charge in [-0.05, 0) is 67.6 Å². The number of likely N-dealkylation sites (tertiary alicyclic amines) is 2. The summed E-state index contributed by atoms with van der Waals surface area (Å²) in [4.78, 5) is 45.1. The van der Waals surface area contributed by atoms with Gasteiger partial charge in [0.15, 0.2) is 17.5 Å². The summed E-state index contributed by atoms with van der Waals surface area (Å²) in [6.45, 7) is 3.52. The molecule has 2 unspecified atom stereocenters. The fraction of sp³-hybridized carbons (Fsp3) is 0.462. The van der Waals surface area contributed by atoms with Gasteiger partial charge < -0.3 is 44.1 Å². The van der Waals surface area contributed by atoms with Gasteiger partial charge in [-0.3, -0.25) is 4.79 Å². The van der Waals surface area contributed by atoms with Crippen molar-refractivity contribution in [1.82, 2.24) is 20.0 Å². The molecule has 0 radical (unpaired) electrons. The van der Waals surface area contributed by atoms with Crippen LogP contribution < -0.4 is 19.5 Å². The Morgan fingerprint density at radius 1 is 0.885 bits per heavy atom. The molecule has 52 heavy (non-hydrogen) atoms. The number of aliphatic carboxylic acids is 1. The summed E-state index contributed by atoms with van der Waals surface area (Å²) in [5.41, 5.74) is 1.29. The van der Waals surface area contributed by atoms with Crippen LogP contribution in [-0.2, 0) is 20.5 Å². The molecule has 3 heterocycles. The van der Waals surface area contributed by atoms with E-state index >= 15 is 0 Å². The first-order valence-electron chi connectivity index (χ1n) is 17.6. The maximum absolute atomic E-state index is 14.1. The van der Waals surface area contributed by atoms with E-state index in [4.69, 9.17) is 18.9 Å². The van der Waals surface area contributed by atoms with Gasteiger partial charge in [0.25, 0.3) is 5.91 Å². The Labute approximate surface area is 303 Å². The molecule has 2 atom stereocenters. The van der Waals surface area contributed by atoms with E-state index in [1.54, 1.807) is 12.1 Å². The minimum Gasteiger partial charge on any atom is -0.493 e. The Bertz CT molecular complexity index is 1710. The summed E-state index contributed by atoms with van der Waals surface area (Å²) < 4.78 is 35.9. The highest BCUT2D eigenvalue weighted by molar-refractivity contribution is 5.96. The molecule has 3 saturated heterocycles. The standard InChI is InChI=1S/C39H47FN4O8/c1-49-32-23-27(24-33(50-2)34(32)51-3)35(45)43-20-14-38(26-43,28-9-11-30(40)12-10-28)13-17-42-18-15-39(16-19-42,29-7-5-4-6-8-29)41-37(48)44-21-22-52-25-31(44)36(46)47/h4-12,23-24,31H,13-22,25-26H2,1-3H3,(H,41,48)(H,46,47). The zero-order valence-electron chi connectivity index (χ0n) is 29.9. The topological polar surface area (TPSA) is 130 Å². The van der Waals surface area contributed by atoms with Crippen molar-refractivity contribution >= 4 is 17.9 Å². The molecule has 3 aliphatic heterocycles. The molecule has 3 aliphatic rings. The molecule has 0 bridgehead atoms. The Morgan fingerprint density at radius 2 is 1.56 bits per heavy atom. The number of urea groups is 1. The number of carbonyl (C=O) groups is 3. The Kier molecular flexibility index (Phi) is 11.2. The average Bonchev–Trinajstić information content (AvgIpc) is 3.62. The van der Waals surface area contributed by atoms with Gasteiger partial charge in [-0.15, -0.1) is 0 Å². The fourth-order valence-electron chi connectivity index (χ4n) is 7.92. The first-order chi connectivity index (χ1) is 25.1. The van der Waals surface area contributed by atoms with Gasteiger partial charge in [-0.1, -0.05) is 42.5 Å². The molecule has 3 amide bonds. The molecule has 3 aromatic rings. The zero-order chi connectivity index (χ0) is 36.9. The molecule has 0 aromatic heterocycles. The molecule has 12 nitrogen and oxygen atoms in total. The van der Waals surface area contributed by atoms with Crippen LogP contribution in [-0.4, -0.2) is 118 Å². The third-order valence-electron chi connectivity index (χ3n) is 11.0. The van der Waals surface area contributed by atoms with E-state index in [0.717, 1.165) is 24.1 Å². The highest BCUT2D eigenvalue weighted by Crippen LogP contribution is 2.42. The SMILES string of the molecule is COc1cc(C(=O)N2CCC(CCN3CCC(NC(=O)N4CCOCC4C(=O)O)(c4ccccc4)CC3)(c3ccc(F)cc3)C2)cc(OC)c1OC. The highest BCUT2D eigenvalue weighted by Gasteiger charge is 2.44. The molecule has 0 saturated carbocycles. The number of rotatable bonds is 11. The fourth-order valence-corrected chi connectivity index (χ4v) is 7.92. The molecular weight excluding hydrogens is 671 g/mol. The number of hydrogen-bond donors (Lipinski definition) is 2. The van der Waals surface area contributed by atoms with E-state index in [9.17, 15) is 23.9 Å². The van der Waals surface area contributed by atoms with Crippen molar-refractivity contribution < 1.29 is 42.8 Å². The molecule has 0 aliphatic carbocycles. The van der Waals surface area contributed by atoms with Crippen LogP contribution in [0.4, 0.5) is 9.18 Å². The van der Waals surface area contributed by atoms with Gasteiger partial charge >= 0.3 is 12.0 Å². The minimum absolute atomic E-state index is 0.0455. The number of ether oxygens (including phenoxy) is 4. The predicted molar refractivity (Wildman–Crippen MR) is 191 cm³/mol. The van der Waals surface area contributed by atoms with Crippen LogP contribution in [0.3, 0.4) is 0 Å². The Morgan fingerprint density at radius 3 is 2.17 bits per heavy atom. The molecular formula is C39H47FN4O8. The van der Waals surface area contributed by atoms with Crippen molar-refractivity contribution in [2.24, 2.45) is 0 Å². The summed E-state index contributed by atoms with van der Waals surface area (Å²) >= 11 is 0. The minimum atomic E-state index is -1.09. The number of carboxylic acids is 1. The van der Waals surface area contributed by atoms with Crippen molar-refractivity contribution in [2.45, 2.75) is 42.7 Å². The highest BCUT2D eigenvalue weighted by atomic mass is 19.1.